The van der Waals surface area contributed by atoms with Crippen molar-refractivity contribution in [1.29, 1.82) is 0 Å². The number of hydrogen-bond acceptors (Lipinski definition) is 4. The van der Waals surface area contributed by atoms with Crippen molar-refractivity contribution in [1.82, 2.24) is 15.5 Å². The first kappa shape index (κ1) is 23.1. The number of likely N-dealkylation sites (N-methyl/N-ethyl adjacent to an activating group) is 1. The van der Waals surface area contributed by atoms with Gasteiger partial charge < -0.3 is 20.1 Å². The number of nitrogens with zero attached hydrogens (tertiary/aromatic N) is 2. The van der Waals surface area contributed by atoms with E-state index in [1.165, 1.54) is 11.1 Å². The lowest BCUT2D eigenvalue weighted by molar-refractivity contribution is 0.140. The number of aryl methyl sites for hydroxylation is 1. The van der Waals surface area contributed by atoms with Gasteiger partial charge in [0.25, 0.3) is 0 Å². The molecule has 1 aliphatic heterocycles. The number of ether oxygens (including phenoxy) is 2. The number of hydrogen-bond donors (Lipinski definition) is 2. The molecule has 1 aliphatic rings. The molecule has 1 fully saturated rings. The zero-order valence-corrected chi connectivity index (χ0v) is 19.2. The van der Waals surface area contributed by atoms with Crippen molar-refractivity contribution in [3.05, 3.63) is 65.2 Å². The first-order valence-electron chi connectivity index (χ1n) is 11.1. The first-order chi connectivity index (χ1) is 15.0. The molecule has 2 aromatic rings. The summed E-state index contributed by atoms with van der Waals surface area (Å²) < 4.78 is 11.7. The van der Waals surface area contributed by atoms with Gasteiger partial charge >= 0.3 is 0 Å². The molecule has 2 N–H and O–H groups in total. The minimum atomic E-state index is 0.138. The van der Waals surface area contributed by atoms with Gasteiger partial charge in [0.1, 0.15) is 11.9 Å². The largest absolute Gasteiger partial charge is 0.488 e. The molecule has 168 valence electrons. The van der Waals surface area contributed by atoms with E-state index < -0.39 is 0 Å². The summed E-state index contributed by atoms with van der Waals surface area (Å²) in [7, 11) is 3.95. The zero-order chi connectivity index (χ0) is 22.1. The van der Waals surface area contributed by atoms with Gasteiger partial charge in [0.15, 0.2) is 5.96 Å². The summed E-state index contributed by atoms with van der Waals surface area (Å²) in [6, 6.07) is 17.2. The third-order valence-corrected chi connectivity index (χ3v) is 5.67. The van der Waals surface area contributed by atoms with E-state index in [9.17, 15) is 0 Å². The molecule has 0 radical (unpaired) electrons. The highest BCUT2D eigenvalue weighted by atomic mass is 16.5. The van der Waals surface area contributed by atoms with Crippen LogP contribution in [0.15, 0.2) is 53.5 Å². The molecule has 2 atom stereocenters. The van der Waals surface area contributed by atoms with Gasteiger partial charge in [0.2, 0.25) is 0 Å². The van der Waals surface area contributed by atoms with Crippen LogP contribution in [-0.2, 0) is 17.8 Å². The number of benzene rings is 2. The van der Waals surface area contributed by atoms with Gasteiger partial charge in [-0.15, -0.1) is 0 Å². The quantitative estimate of drug-likeness (QED) is 0.478. The third-order valence-electron chi connectivity index (χ3n) is 5.67. The molecule has 1 heterocycles. The average molecular weight is 425 g/mol. The fourth-order valence-electron chi connectivity index (χ4n) is 3.53. The summed E-state index contributed by atoms with van der Waals surface area (Å²) >= 11 is 0. The predicted octanol–water partition coefficient (Wildman–Crippen LogP) is 3.35. The molecule has 0 aromatic heterocycles. The molecule has 0 spiro atoms. The summed E-state index contributed by atoms with van der Waals surface area (Å²) in [5.41, 5.74) is 3.63. The van der Waals surface area contributed by atoms with Gasteiger partial charge in [-0.3, -0.25) is 9.89 Å². The van der Waals surface area contributed by atoms with E-state index in [-0.39, 0.29) is 6.10 Å². The van der Waals surface area contributed by atoms with Gasteiger partial charge in [-0.1, -0.05) is 42.5 Å². The lowest BCUT2D eigenvalue weighted by atomic mass is 10.1. The van der Waals surface area contributed by atoms with Crippen molar-refractivity contribution >= 4 is 5.96 Å². The minimum absolute atomic E-state index is 0.138. The Labute approximate surface area is 186 Å². The van der Waals surface area contributed by atoms with E-state index in [1.54, 1.807) is 7.05 Å². The van der Waals surface area contributed by atoms with Crippen LogP contribution in [0.4, 0.5) is 0 Å². The highest BCUT2D eigenvalue weighted by Crippen LogP contribution is 2.23. The minimum Gasteiger partial charge on any atom is -0.488 e. The summed E-state index contributed by atoms with van der Waals surface area (Å²) in [5.74, 6) is 1.71. The van der Waals surface area contributed by atoms with Crippen molar-refractivity contribution in [2.45, 2.75) is 45.5 Å². The molecule has 6 nitrogen and oxygen atoms in total. The van der Waals surface area contributed by atoms with Crippen molar-refractivity contribution in [3.8, 4) is 5.75 Å². The Kier molecular flexibility index (Phi) is 8.74. The van der Waals surface area contributed by atoms with Gasteiger partial charge in [-0.25, -0.2) is 0 Å². The van der Waals surface area contributed by atoms with Crippen LogP contribution in [0.1, 0.15) is 30.0 Å². The lowest BCUT2D eigenvalue weighted by Gasteiger charge is -2.26. The molecule has 0 aliphatic carbocycles. The molecular weight excluding hydrogens is 388 g/mol. The Balaban J connectivity index is 1.50. The Morgan fingerprint density at radius 1 is 1.23 bits per heavy atom. The van der Waals surface area contributed by atoms with Gasteiger partial charge in [-0.2, -0.15) is 0 Å². The highest BCUT2D eigenvalue weighted by molar-refractivity contribution is 5.79. The molecule has 31 heavy (non-hydrogen) atoms. The molecule has 6 heteroatoms. The monoisotopic (exact) mass is 424 g/mol. The van der Waals surface area contributed by atoms with Crippen LogP contribution in [0.5, 0.6) is 5.75 Å². The SMILES string of the molecule is CN=C(NCc1ccc(C)cc1OC1CCOC1)NCC(C)N(C)Cc1ccccc1. The number of guanidine groups is 1. The van der Waals surface area contributed by atoms with Crippen LogP contribution in [-0.4, -0.2) is 56.9 Å². The fourth-order valence-corrected chi connectivity index (χ4v) is 3.53. The van der Waals surface area contributed by atoms with Crippen LogP contribution in [0.25, 0.3) is 0 Å². The van der Waals surface area contributed by atoms with Crippen LogP contribution >= 0.6 is 0 Å². The smallest absolute Gasteiger partial charge is 0.191 e. The normalized spacial score (nSPS) is 17.6. The van der Waals surface area contributed by atoms with Gasteiger partial charge in [0.05, 0.1) is 13.2 Å². The van der Waals surface area contributed by atoms with Crippen molar-refractivity contribution in [2.75, 3.05) is 33.9 Å². The van der Waals surface area contributed by atoms with Crippen molar-refractivity contribution in [3.63, 3.8) is 0 Å². The van der Waals surface area contributed by atoms with Crippen LogP contribution < -0.4 is 15.4 Å². The molecule has 0 bridgehead atoms. The van der Waals surface area contributed by atoms with Gasteiger partial charge in [0, 0.05) is 44.7 Å². The summed E-state index contributed by atoms with van der Waals surface area (Å²) in [6.45, 7) is 8.12. The van der Waals surface area contributed by atoms with Crippen LogP contribution in [0.2, 0.25) is 0 Å². The zero-order valence-electron chi connectivity index (χ0n) is 19.2. The Bertz CT molecular complexity index is 835. The molecule has 2 unspecified atom stereocenters. The third kappa shape index (κ3) is 7.26. The van der Waals surface area contributed by atoms with E-state index in [2.05, 4.69) is 90.0 Å². The Morgan fingerprint density at radius 2 is 2.03 bits per heavy atom. The molecular formula is C25H36N4O2. The van der Waals surface area contributed by atoms with E-state index in [1.807, 2.05) is 0 Å². The fraction of sp³-hybridized carbons (Fsp3) is 0.480. The number of rotatable bonds is 9. The topological polar surface area (TPSA) is 58.1 Å². The molecule has 2 aromatic carbocycles. The molecule has 3 rings (SSSR count). The van der Waals surface area contributed by atoms with Gasteiger partial charge in [-0.05, 0) is 38.1 Å². The van der Waals surface area contributed by atoms with Crippen LogP contribution in [0.3, 0.4) is 0 Å². The summed E-state index contributed by atoms with van der Waals surface area (Å²) in [5, 5.41) is 6.87. The maximum atomic E-state index is 6.21. The Hall–Kier alpha value is -2.57. The van der Waals surface area contributed by atoms with Crippen LogP contribution in [0, 0.1) is 6.92 Å². The predicted molar refractivity (Wildman–Crippen MR) is 127 cm³/mol. The van der Waals surface area contributed by atoms with Crippen molar-refractivity contribution in [2.24, 2.45) is 4.99 Å². The maximum Gasteiger partial charge on any atom is 0.191 e. The second kappa shape index (κ2) is 11.7. The summed E-state index contributed by atoms with van der Waals surface area (Å²) in [6.07, 6.45) is 1.08. The standard InChI is InChI=1S/C25H36N4O2/c1-19-10-11-22(24(14-19)31-23-12-13-30-18-23)16-28-25(26-3)27-15-20(2)29(4)17-21-8-6-5-7-9-21/h5-11,14,20,23H,12-13,15-18H2,1-4H3,(H2,26,27,28). The van der Waals surface area contributed by atoms with E-state index >= 15 is 0 Å². The first-order valence-corrected chi connectivity index (χ1v) is 11.1. The van der Waals surface area contributed by atoms with E-state index in [4.69, 9.17) is 9.47 Å². The summed E-state index contributed by atoms with van der Waals surface area (Å²) in [4.78, 5) is 6.72. The number of nitrogens with one attached hydrogen (secondary N) is 2. The molecule has 1 saturated heterocycles. The molecule has 0 saturated carbocycles. The number of aliphatic imine (C=N–C) groups is 1. The lowest BCUT2D eigenvalue weighted by Crippen LogP contribution is -2.44. The second-order valence-electron chi connectivity index (χ2n) is 8.27. The maximum absolute atomic E-state index is 6.21. The Morgan fingerprint density at radius 3 is 2.74 bits per heavy atom. The average Bonchev–Trinajstić information content (AvgIpc) is 3.28. The second-order valence-corrected chi connectivity index (χ2v) is 8.27. The van der Waals surface area contributed by atoms with E-state index in [0.717, 1.165) is 43.4 Å². The van der Waals surface area contributed by atoms with Crippen molar-refractivity contribution < 1.29 is 9.47 Å². The van der Waals surface area contributed by atoms with E-state index in [0.29, 0.717) is 19.2 Å². The highest BCUT2D eigenvalue weighted by Gasteiger charge is 2.19. The molecule has 0 amide bonds.